The van der Waals surface area contributed by atoms with Crippen molar-refractivity contribution >= 4 is 6.16 Å². The van der Waals surface area contributed by atoms with E-state index in [0.717, 1.165) is 0 Å². The number of rotatable bonds is 0. The summed E-state index contributed by atoms with van der Waals surface area (Å²) in [6, 6.07) is 0. The molecule has 0 rings (SSSR count). The van der Waals surface area contributed by atoms with Crippen LogP contribution in [-0.4, -0.2) is 16.4 Å². The van der Waals surface area contributed by atoms with Gasteiger partial charge in [0.05, 0.1) is 0 Å². The van der Waals surface area contributed by atoms with Crippen molar-refractivity contribution in [1.82, 2.24) is 0 Å². The van der Waals surface area contributed by atoms with E-state index in [-0.39, 0.29) is 44.1 Å². The maximum atomic E-state index is 8.56. The Bertz CT molecular complexity index is 38.8. The molecule has 8 heteroatoms. The summed E-state index contributed by atoms with van der Waals surface area (Å²) >= 11 is 0. The van der Waals surface area contributed by atoms with Gasteiger partial charge in [-0.25, -0.2) is 4.79 Å². The second-order valence-electron chi connectivity index (χ2n) is 0.283. The van der Waals surface area contributed by atoms with E-state index in [1.807, 2.05) is 0 Å². The normalized spacial score (nSPS) is 2.67. The summed E-state index contributed by atoms with van der Waals surface area (Å²) in [5.41, 5.74) is 0. The van der Waals surface area contributed by atoms with Gasteiger partial charge in [-0.2, -0.15) is 0 Å². The zero-order chi connectivity index (χ0) is 3.58. The largest absolute Gasteiger partial charge is 0.693 e. The Morgan fingerprint density at radius 2 is 0.889 bits per heavy atom. The van der Waals surface area contributed by atoms with E-state index in [2.05, 4.69) is 0 Å². The fourth-order valence-electron chi connectivity index (χ4n) is 0. The number of carbonyl (C=O) groups is 1. The molecule has 0 saturated heterocycles. The van der Waals surface area contributed by atoms with Gasteiger partial charge in [-0.3, -0.25) is 0 Å². The van der Waals surface area contributed by atoms with Crippen LogP contribution in [0.1, 0.15) is 0 Å². The molecule has 0 spiro atoms. The molecule has 0 bridgehead atoms. The quantitative estimate of drug-likeness (QED) is 0.556. The molecule has 0 saturated carbocycles. The van der Waals surface area contributed by atoms with Gasteiger partial charge in [0.25, 0.3) is 0 Å². The molecule has 0 atom stereocenters. The molecule has 0 aliphatic heterocycles. The predicted octanol–water partition coefficient (Wildman–Crippen LogP) is 3.09. The van der Waals surface area contributed by atoms with E-state index >= 15 is 0 Å². The average molecular weight is 192 g/mol. The molecule has 0 aliphatic carbocycles. The molecular weight excluding hydrogens is 181 g/mol. The summed E-state index contributed by atoms with van der Waals surface area (Å²) in [5, 5.41) is 13.9. The Hall–Kier alpha value is -0.267. The minimum atomic E-state index is -1.83. The van der Waals surface area contributed by atoms with Crippen LogP contribution in [0.15, 0.2) is 0 Å². The zero-order valence-electron chi connectivity index (χ0n) is 4.82. The molecule has 10 N–H and O–H groups in total. The molecule has 0 unspecified atom stereocenters. The smallest absolute Gasteiger partial charge is 0.503 e. The summed E-state index contributed by atoms with van der Waals surface area (Å²) in [7, 11) is 0. The number of nitrogens with two attached hydrogens (primary N) is 4. The molecule has 0 heterocycles. The Labute approximate surface area is 65.9 Å². The van der Waals surface area contributed by atoms with E-state index in [1.165, 1.54) is 0 Å². The number of hydrogen-bond donors (Lipinski definition) is 2. The standard InChI is InChI=1S/CH2O3.4H2N.Zn/c2-1(3)4;;;;;/h(H2,2,3,4);4*1H2;/q;4*-1;. The minimum absolute atomic E-state index is 0. The number of carboxylic acid groups (broad SMARTS) is 2. The van der Waals surface area contributed by atoms with E-state index in [1.54, 1.807) is 0 Å². The van der Waals surface area contributed by atoms with Gasteiger partial charge in [0.1, 0.15) is 0 Å². The molecule has 0 aromatic heterocycles. The Balaban J connectivity index is -0.00000000450. The van der Waals surface area contributed by atoms with Gasteiger partial charge in [-0.05, 0) is 0 Å². The second kappa shape index (κ2) is 46.9. The minimum Gasteiger partial charge on any atom is -0.693 e. The van der Waals surface area contributed by atoms with Gasteiger partial charge in [0.2, 0.25) is 0 Å². The third-order valence-corrected chi connectivity index (χ3v) is 0. The molecule has 0 amide bonds. The van der Waals surface area contributed by atoms with E-state index in [9.17, 15) is 0 Å². The van der Waals surface area contributed by atoms with Gasteiger partial charge in [0.15, 0.2) is 0 Å². The Morgan fingerprint density at radius 1 is 0.889 bits per heavy atom. The molecule has 58 valence electrons. The van der Waals surface area contributed by atoms with Crippen LogP contribution in [0.25, 0.3) is 24.6 Å². The van der Waals surface area contributed by atoms with Crippen LogP contribution >= 0.6 is 0 Å². The van der Waals surface area contributed by atoms with Crippen molar-refractivity contribution in [1.29, 1.82) is 0 Å². The first-order chi connectivity index (χ1) is 1.73. The molecule has 9 heavy (non-hydrogen) atoms. The molecular formula is CH10N4O3Zn-4. The number of hydrogen-bond acceptors (Lipinski definition) is 1. The molecule has 7 nitrogen and oxygen atoms in total. The van der Waals surface area contributed by atoms with E-state index < -0.39 is 6.16 Å². The fourth-order valence-corrected chi connectivity index (χ4v) is 0. The second-order valence-corrected chi connectivity index (χ2v) is 0.283. The first-order valence-corrected chi connectivity index (χ1v) is 0.651. The Kier molecular flexibility index (Phi) is 365. The van der Waals surface area contributed by atoms with Crippen LogP contribution in [0.5, 0.6) is 0 Å². The molecule has 0 aromatic carbocycles. The van der Waals surface area contributed by atoms with Crippen LogP contribution < -0.4 is 0 Å². The van der Waals surface area contributed by atoms with Crippen molar-refractivity contribution in [2.75, 3.05) is 0 Å². The third kappa shape index (κ3) is 3580. The zero-order valence-corrected chi connectivity index (χ0v) is 7.79. The summed E-state index contributed by atoms with van der Waals surface area (Å²) < 4.78 is 0. The topological polar surface area (TPSA) is 192 Å². The summed E-state index contributed by atoms with van der Waals surface area (Å²) in [6.45, 7) is 0. The maximum absolute atomic E-state index is 8.56. The molecule has 0 radical (unpaired) electrons. The van der Waals surface area contributed by atoms with Crippen molar-refractivity contribution in [2.45, 2.75) is 0 Å². The van der Waals surface area contributed by atoms with E-state index in [0.29, 0.717) is 0 Å². The summed E-state index contributed by atoms with van der Waals surface area (Å²) in [5.74, 6) is 0. The summed E-state index contributed by atoms with van der Waals surface area (Å²) in [6.07, 6.45) is -1.83. The predicted molar refractivity (Wildman–Crippen MR) is 31.8 cm³/mol. The summed E-state index contributed by atoms with van der Waals surface area (Å²) in [4.78, 5) is 8.56. The van der Waals surface area contributed by atoms with Gasteiger partial charge in [-0.1, -0.05) is 0 Å². The van der Waals surface area contributed by atoms with Gasteiger partial charge in [-0.15, -0.1) is 0 Å². The van der Waals surface area contributed by atoms with Crippen LogP contribution in [-0.2, 0) is 19.5 Å². The van der Waals surface area contributed by atoms with Gasteiger partial charge in [0, 0.05) is 19.5 Å². The maximum Gasteiger partial charge on any atom is 0.503 e. The van der Waals surface area contributed by atoms with Crippen molar-refractivity contribution in [3.63, 3.8) is 0 Å². The first kappa shape index (κ1) is 69.9. The monoisotopic (exact) mass is 190 g/mol. The van der Waals surface area contributed by atoms with Crippen molar-refractivity contribution in [2.24, 2.45) is 0 Å². The molecule has 0 fully saturated rings. The average Bonchev–Trinajstić information content (AvgIpc) is 0.811. The van der Waals surface area contributed by atoms with Gasteiger partial charge < -0.3 is 34.8 Å². The fraction of sp³-hybridized carbons (Fsp3) is 0. The van der Waals surface area contributed by atoms with Crippen LogP contribution in [0.3, 0.4) is 0 Å². The Morgan fingerprint density at radius 3 is 0.889 bits per heavy atom. The van der Waals surface area contributed by atoms with Crippen molar-refractivity contribution in [3.8, 4) is 0 Å². The van der Waals surface area contributed by atoms with Crippen LogP contribution in [0.2, 0.25) is 0 Å². The first-order valence-electron chi connectivity index (χ1n) is 0.651. The molecule has 0 aromatic rings. The van der Waals surface area contributed by atoms with Crippen LogP contribution in [0.4, 0.5) is 4.79 Å². The van der Waals surface area contributed by atoms with E-state index in [4.69, 9.17) is 15.0 Å². The van der Waals surface area contributed by atoms with Crippen LogP contribution in [0, 0.1) is 0 Å². The molecule has 0 aliphatic rings. The SMILES string of the molecule is O=C(O)O.[NH2-].[NH2-].[NH2-].[NH2-].[Zn]. The van der Waals surface area contributed by atoms with Gasteiger partial charge >= 0.3 is 6.16 Å². The van der Waals surface area contributed by atoms with Crippen molar-refractivity contribution in [3.05, 3.63) is 24.6 Å². The van der Waals surface area contributed by atoms with Crippen molar-refractivity contribution < 1.29 is 34.5 Å². The third-order valence-electron chi connectivity index (χ3n) is 0.